The van der Waals surface area contributed by atoms with E-state index in [-0.39, 0.29) is 30.2 Å². The van der Waals surface area contributed by atoms with Gasteiger partial charge in [-0.2, -0.15) is 0 Å². The van der Waals surface area contributed by atoms with Crippen LogP contribution in [0, 0.1) is 0 Å². The molecule has 96 valence electrons. The van der Waals surface area contributed by atoms with Crippen LogP contribution >= 0.6 is 0 Å². The summed E-state index contributed by atoms with van der Waals surface area (Å²) in [4.78, 5) is 0. The van der Waals surface area contributed by atoms with E-state index in [0.717, 1.165) is 5.56 Å². The number of aliphatic hydroxyl groups excluding tert-OH is 1. The largest absolute Gasteiger partial charge is 0.508 e. The maximum absolute atomic E-state index is 9.38. The van der Waals surface area contributed by atoms with E-state index in [1.54, 1.807) is 19.2 Å². The molecule has 0 radical (unpaired) electrons. The summed E-state index contributed by atoms with van der Waals surface area (Å²) in [5.74, 6) is 0.0295. The van der Waals surface area contributed by atoms with Crippen LogP contribution < -0.4 is 5.32 Å². The summed E-state index contributed by atoms with van der Waals surface area (Å²) in [7, 11) is 1.56. The zero-order valence-corrected chi connectivity index (χ0v) is 10.1. The molecular formula is C12H19NO4. The second-order valence-electron chi connectivity index (χ2n) is 4.01. The summed E-state index contributed by atoms with van der Waals surface area (Å²) in [6.45, 7) is 2.24. The lowest BCUT2D eigenvalue weighted by molar-refractivity contribution is 0.123. The molecule has 5 heteroatoms. The third-order valence-corrected chi connectivity index (χ3v) is 2.50. The molecule has 2 unspecified atom stereocenters. The fraction of sp³-hybridized carbons (Fsp3) is 0.500. The highest BCUT2D eigenvalue weighted by molar-refractivity contribution is 5.37. The average Bonchev–Trinajstić information content (AvgIpc) is 2.27. The lowest BCUT2D eigenvalue weighted by atomic mass is 10.1. The highest BCUT2D eigenvalue weighted by Gasteiger charge is 2.13. The molecule has 5 nitrogen and oxygen atoms in total. The van der Waals surface area contributed by atoms with Crippen molar-refractivity contribution < 1.29 is 20.1 Å². The van der Waals surface area contributed by atoms with Gasteiger partial charge < -0.3 is 25.4 Å². The number of rotatable bonds is 6. The van der Waals surface area contributed by atoms with Crippen molar-refractivity contribution in [2.24, 2.45) is 0 Å². The Morgan fingerprint density at radius 2 is 1.82 bits per heavy atom. The highest BCUT2D eigenvalue weighted by atomic mass is 16.5. The molecule has 0 saturated carbocycles. The van der Waals surface area contributed by atoms with Crippen LogP contribution in [-0.4, -0.2) is 41.7 Å². The monoisotopic (exact) mass is 241 g/mol. The standard InChI is InChI=1S/C12H19NO4/c1-8(13-10(6-14)7-17-2)9-3-11(15)5-12(16)4-9/h3-5,8,10,13-16H,6-7H2,1-2H3. The molecule has 4 N–H and O–H groups in total. The molecule has 0 fully saturated rings. The Kier molecular flexibility index (Phi) is 5.21. The van der Waals surface area contributed by atoms with Gasteiger partial charge in [-0.25, -0.2) is 0 Å². The number of benzene rings is 1. The van der Waals surface area contributed by atoms with E-state index in [9.17, 15) is 10.2 Å². The summed E-state index contributed by atoms with van der Waals surface area (Å²) in [5, 5.41) is 31.0. The molecule has 17 heavy (non-hydrogen) atoms. The number of methoxy groups -OCH3 is 1. The lowest BCUT2D eigenvalue weighted by Gasteiger charge is -2.21. The van der Waals surface area contributed by atoms with Crippen molar-refractivity contribution in [1.29, 1.82) is 0 Å². The van der Waals surface area contributed by atoms with Gasteiger partial charge in [0.2, 0.25) is 0 Å². The number of nitrogens with one attached hydrogen (secondary N) is 1. The lowest BCUT2D eigenvalue weighted by Crippen LogP contribution is -2.38. The molecule has 0 aliphatic carbocycles. The van der Waals surface area contributed by atoms with E-state index < -0.39 is 0 Å². The smallest absolute Gasteiger partial charge is 0.119 e. The van der Waals surface area contributed by atoms with Crippen LogP contribution in [-0.2, 0) is 4.74 Å². The van der Waals surface area contributed by atoms with E-state index in [4.69, 9.17) is 9.84 Å². The number of phenolic OH excluding ortho intramolecular Hbond substituents is 2. The normalized spacial score (nSPS) is 14.5. The molecule has 0 saturated heterocycles. The maximum atomic E-state index is 9.38. The first-order valence-electron chi connectivity index (χ1n) is 5.45. The molecule has 1 aromatic carbocycles. The van der Waals surface area contributed by atoms with Gasteiger partial charge in [-0.05, 0) is 24.6 Å². The maximum Gasteiger partial charge on any atom is 0.119 e. The second kappa shape index (κ2) is 6.44. The summed E-state index contributed by atoms with van der Waals surface area (Å²) >= 11 is 0. The van der Waals surface area contributed by atoms with Crippen molar-refractivity contribution in [3.8, 4) is 11.5 Å². The number of hydrogen-bond donors (Lipinski definition) is 4. The first kappa shape index (κ1) is 13.8. The van der Waals surface area contributed by atoms with Crippen molar-refractivity contribution in [3.05, 3.63) is 23.8 Å². The summed E-state index contributed by atoms with van der Waals surface area (Å²) < 4.78 is 4.96. The van der Waals surface area contributed by atoms with Crippen molar-refractivity contribution in [2.45, 2.75) is 19.0 Å². The average molecular weight is 241 g/mol. The van der Waals surface area contributed by atoms with Gasteiger partial charge in [-0.15, -0.1) is 0 Å². The number of phenols is 2. The first-order chi connectivity index (χ1) is 8.06. The van der Waals surface area contributed by atoms with Crippen LogP contribution in [0.3, 0.4) is 0 Å². The van der Waals surface area contributed by atoms with Crippen molar-refractivity contribution >= 4 is 0 Å². The SMILES string of the molecule is COCC(CO)NC(C)c1cc(O)cc(O)c1. The Hall–Kier alpha value is -1.30. The Morgan fingerprint density at radius 1 is 1.24 bits per heavy atom. The van der Waals surface area contributed by atoms with E-state index in [0.29, 0.717) is 6.61 Å². The summed E-state index contributed by atoms with van der Waals surface area (Å²) in [6.07, 6.45) is 0. The van der Waals surface area contributed by atoms with Crippen LogP contribution in [0.4, 0.5) is 0 Å². The summed E-state index contributed by atoms with van der Waals surface area (Å²) in [5.41, 5.74) is 0.747. The molecule has 0 aromatic heterocycles. The second-order valence-corrected chi connectivity index (χ2v) is 4.01. The Bertz CT molecular complexity index is 336. The predicted octanol–water partition coefficient (Wildman–Crippen LogP) is 0.756. The fourth-order valence-electron chi connectivity index (χ4n) is 1.67. The van der Waals surface area contributed by atoms with E-state index >= 15 is 0 Å². The third kappa shape index (κ3) is 4.22. The number of aromatic hydroxyl groups is 2. The Labute approximate surface area is 101 Å². The molecule has 0 amide bonds. The zero-order chi connectivity index (χ0) is 12.8. The van der Waals surface area contributed by atoms with Gasteiger partial charge in [0.25, 0.3) is 0 Å². The molecule has 2 atom stereocenters. The van der Waals surface area contributed by atoms with Crippen LogP contribution in [0.1, 0.15) is 18.5 Å². The van der Waals surface area contributed by atoms with E-state index in [1.165, 1.54) is 6.07 Å². The topological polar surface area (TPSA) is 82.0 Å². The molecule has 1 aromatic rings. The Morgan fingerprint density at radius 3 is 2.29 bits per heavy atom. The van der Waals surface area contributed by atoms with E-state index in [2.05, 4.69) is 5.32 Å². The van der Waals surface area contributed by atoms with Crippen molar-refractivity contribution in [3.63, 3.8) is 0 Å². The van der Waals surface area contributed by atoms with Crippen LogP contribution in [0.25, 0.3) is 0 Å². The zero-order valence-electron chi connectivity index (χ0n) is 10.1. The predicted molar refractivity (Wildman–Crippen MR) is 64.1 cm³/mol. The van der Waals surface area contributed by atoms with Gasteiger partial charge >= 0.3 is 0 Å². The minimum Gasteiger partial charge on any atom is -0.508 e. The molecule has 0 aliphatic heterocycles. The minimum atomic E-state index is -0.181. The number of ether oxygens (including phenoxy) is 1. The third-order valence-electron chi connectivity index (χ3n) is 2.50. The molecule has 0 bridgehead atoms. The van der Waals surface area contributed by atoms with Gasteiger partial charge in [0.15, 0.2) is 0 Å². The number of hydrogen-bond acceptors (Lipinski definition) is 5. The van der Waals surface area contributed by atoms with Crippen LogP contribution in [0.2, 0.25) is 0 Å². The van der Waals surface area contributed by atoms with Gasteiger partial charge in [0, 0.05) is 19.2 Å². The van der Waals surface area contributed by atoms with Gasteiger partial charge in [-0.1, -0.05) is 0 Å². The molecule has 0 heterocycles. The number of aliphatic hydroxyl groups is 1. The van der Waals surface area contributed by atoms with Gasteiger partial charge in [0.05, 0.1) is 19.3 Å². The fourth-order valence-corrected chi connectivity index (χ4v) is 1.67. The minimum absolute atomic E-state index is 0.0148. The quantitative estimate of drug-likeness (QED) is 0.591. The van der Waals surface area contributed by atoms with Crippen molar-refractivity contribution in [1.82, 2.24) is 5.32 Å². The first-order valence-corrected chi connectivity index (χ1v) is 5.45. The molecule has 1 rings (SSSR count). The van der Waals surface area contributed by atoms with Gasteiger partial charge in [-0.3, -0.25) is 0 Å². The van der Waals surface area contributed by atoms with Crippen LogP contribution in [0.5, 0.6) is 11.5 Å². The van der Waals surface area contributed by atoms with E-state index in [1.807, 2.05) is 6.92 Å². The Balaban J connectivity index is 2.71. The molecule has 0 spiro atoms. The highest BCUT2D eigenvalue weighted by Crippen LogP contribution is 2.24. The van der Waals surface area contributed by atoms with Gasteiger partial charge in [0.1, 0.15) is 11.5 Å². The van der Waals surface area contributed by atoms with Crippen molar-refractivity contribution in [2.75, 3.05) is 20.3 Å². The molecule has 0 aliphatic rings. The molecular weight excluding hydrogens is 222 g/mol. The summed E-state index contributed by atoms with van der Waals surface area (Å²) in [6, 6.07) is 4.12. The van der Waals surface area contributed by atoms with Crippen LogP contribution in [0.15, 0.2) is 18.2 Å².